The van der Waals surface area contributed by atoms with Crippen molar-refractivity contribution in [3.05, 3.63) is 35.1 Å². The van der Waals surface area contributed by atoms with E-state index in [1.807, 2.05) is 6.07 Å². The predicted octanol–water partition coefficient (Wildman–Crippen LogP) is 2.11. The van der Waals surface area contributed by atoms with Gasteiger partial charge in [-0.15, -0.1) is 0 Å². The van der Waals surface area contributed by atoms with E-state index in [0.29, 0.717) is 11.5 Å². The Labute approximate surface area is 82.1 Å². The molecule has 1 aliphatic carbocycles. The van der Waals surface area contributed by atoms with E-state index < -0.39 is 5.82 Å². The molecule has 0 spiro atoms. The number of benzene rings is 1. The maximum Gasteiger partial charge on any atom is 0.145 e. The monoisotopic (exact) mass is 190 g/mol. The van der Waals surface area contributed by atoms with E-state index >= 15 is 0 Å². The van der Waals surface area contributed by atoms with Crippen LogP contribution in [-0.2, 0) is 0 Å². The molecule has 0 saturated heterocycles. The summed E-state index contributed by atoms with van der Waals surface area (Å²) in [5.74, 6) is -0.0483. The highest BCUT2D eigenvalue weighted by Crippen LogP contribution is 2.40. The van der Waals surface area contributed by atoms with Crippen LogP contribution in [0.4, 0.5) is 4.39 Å². The van der Waals surface area contributed by atoms with E-state index in [2.05, 4.69) is 0 Å². The minimum absolute atomic E-state index is 0.0820. The van der Waals surface area contributed by atoms with Gasteiger partial charge in [-0.05, 0) is 24.8 Å². The largest absolute Gasteiger partial charge is 0.324 e. The zero-order valence-electron chi connectivity index (χ0n) is 7.70. The number of rotatable bonds is 2. The van der Waals surface area contributed by atoms with Crippen LogP contribution in [0.25, 0.3) is 0 Å². The summed E-state index contributed by atoms with van der Waals surface area (Å²) in [5.41, 5.74) is 6.44. The molecule has 0 amide bonds. The van der Waals surface area contributed by atoms with Crippen molar-refractivity contribution in [3.8, 4) is 6.07 Å². The average Bonchev–Trinajstić information content (AvgIpc) is 3.00. The summed E-state index contributed by atoms with van der Waals surface area (Å²) in [6, 6.07) is 6.39. The fraction of sp³-hybridized carbons (Fsp3) is 0.364. The SMILES string of the molecule is N#Cc1cccc([C@H](N)C2CC2)c1F. The number of hydrogen-bond acceptors (Lipinski definition) is 2. The summed E-state index contributed by atoms with van der Waals surface area (Å²) >= 11 is 0. The Morgan fingerprint density at radius 1 is 1.50 bits per heavy atom. The van der Waals surface area contributed by atoms with E-state index in [4.69, 9.17) is 11.0 Å². The molecule has 1 aromatic rings. The van der Waals surface area contributed by atoms with E-state index in [9.17, 15) is 4.39 Å². The zero-order valence-corrected chi connectivity index (χ0v) is 7.70. The van der Waals surface area contributed by atoms with Crippen LogP contribution in [0.15, 0.2) is 18.2 Å². The minimum atomic E-state index is -0.450. The topological polar surface area (TPSA) is 49.8 Å². The highest BCUT2D eigenvalue weighted by Gasteiger charge is 2.31. The summed E-state index contributed by atoms with van der Waals surface area (Å²) in [5, 5.41) is 8.65. The Balaban J connectivity index is 2.37. The lowest BCUT2D eigenvalue weighted by Crippen LogP contribution is -2.14. The molecule has 14 heavy (non-hydrogen) atoms. The van der Waals surface area contributed by atoms with Gasteiger partial charge in [0.05, 0.1) is 5.56 Å². The average molecular weight is 190 g/mol. The Bertz CT molecular complexity index is 391. The molecule has 3 heteroatoms. The second-order valence-corrected chi connectivity index (χ2v) is 3.68. The standard InChI is InChI=1S/C11H11FN2/c12-10-8(6-13)2-1-3-9(10)11(14)7-4-5-7/h1-3,7,11H,4-5,14H2/t11-/m1/s1. The van der Waals surface area contributed by atoms with Crippen molar-refractivity contribution in [3.63, 3.8) is 0 Å². The van der Waals surface area contributed by atoms with Crippen molar-refractivity contribution in [2.24, 2.45) is 11.7 Å². The lowest BCUT2D eigenvalue weighted by atomic mass is 10.0. The highest BCUT2D eigenvalue weighted by atomic mass is 19.1. The second-order valence-electron chi connectivity index (χ2n) is 3.68. The van der Waals surface area contributed by atoms with Crippen molar-refractivity contribution >= 4 is 0 Å². The molecule has 2 rings (SSSR count). The third-order valence-corrected chi connectivity index (χ3v) is 2.64. The van der Waals surface area contributed by atoms with Crippen molar-refractivity contribution in [1.82, 2.24) is 0 Å². The number of nitrogens with zero attached hydrogens (tertiary/aromatic N) is 1. The lowest BCUT2D eigenvalue weighted by molar-refractivity contribution is 0.551. The van der Waals surface area contributed by atoms with Gasteiger partial charge in [0.1, 0.15) is 11.9 Å². The van der Waals surface area contributed by atoms with Crippen LogP contribution in [0.2, 0.25) is 0 Å². The Hall–Kier alpha value is -1.40. The molecule has 1 aliphatic rings. The van der Waals surface area contributed by atoms with Crippen molar-refractivity contribution < 1.29 is 4.39 Å². The molecule has 1 fully saturated rings. The van der Waals surface area contributed by atoms with Gasteiger partial charge in [-0.1, -0.05) is 12.1 Å². The summed E-state index contributed by atoms with van der Waals surface area (Å²) in [4.78, 5) is 0. The molecule has 1 atom stereocenters. The first kappa shape index (κ1) is 9.17. The number of halogens is 1. The Morgan fingerprint density at radius 3 is 2.79 bits per heavy atom. The first-order valence-electron chi connectivity index (χ1n) is 4.68. The second kappa shape index (κ2) is 3.39. The molecular weight excluding hydrogens is 179 g/mol. The number of hydrogen-bond donors (Lipinski definition) is 1. The van der Waals surface area contributed by atoms with Gasteiger partial charge < -0.3 is 5.73 Å². The van der Waals surface area contributed by atoms with Crippen molar-refractivity contribution in [1.29, 1.82) is 5.26 Å². The van der Waals surface area contributed by atoms with Gasteiger partial charge in [0, 0.05) is 11.6 Å². The smallest absolute Gasteiger partial charge is 0.145 e. The summed E-state index contributed by atoms with van der Waals surface area (Å²) in [6.45, 7) is 0. The van der Waals surface area contributed by atoms with Crippen LogP contribution in [0.1, 0.15) is 30.0 Å². The molecule has 2 N–H and O–H groups in total. The third kappa shape index (κ3) is 1.49. The molecule has 0 bridgehead atoms. The molecule has 1 saturated carbocycles. The molecule has 0 aromatic heterocycles. The van der Waals surface area contributed by atoms with E-state index in [1.54, 1.807) is 12.1 Å². The number of nitrogens with two attached hydrogens (primary N) is 1. The predicted molar refractivity (Wildman–Crippen MR) is 50.8 cm³/mol. The Morgan fingerprint density at radius 2 is 2.21 bits per heavy atom. The van der Waals surface area contributed by atoms with Gasteiger partial charge >= 0.3 is 0 Å². The lowest BCUT2D eigenvalue weighted by Gasteiger charge is -2.11. The molecular formula is C11H11FN2. The molecule has 0 unspecified atom stereocenters. The molecule has 2 nitrogen and oxygen atoms in total. The fourth-order valence-electron chi connectivity index (χ4n) is 1.60. The first-order chi connectivity index (χ1) is 6.74. The van der Waals surface area contributed by atoms with Gasteiger partial charge in [0.25, 0.3) is 0 Å². The summed E-state index contributed by atoms with van der Waals surface area (Å²) < 4.78 is 13.6. The maximum atomic E-state index is 13.6. The van der Waals surface area contributed by atoms with Crippen LogP contribution < -0.4 is 5.73 Å². The molecule has 0 heterocycles. The van der Waals surface area contributed by atoms with Crippen LogP contribution in [0, 0.1) is 23.1 Å². The van der Waals surface area contributed by atoms with E-state index in [0.717, 1.165) is 12.8 Å². The van der Waals surface area contributed by atoms with Crippen LogP contribution in [0.5, 0.6) is 0 Å². The van der Waals surface area contributed by atoms with Crippen molar-refractivity contribution in [2.75, 3.05) is 0 Å². The molecule has 72 valence electrons. The van der Waals surface area contributed by atoms with Crippen LogP contribution in [0.3, 0.4) is 0 Å². The first-order valence-corrected chi connectivity index (χ1v) is 4.68. The normalized spacial score (nSPS) is 17.5. The maximum absolute atomic E-state index is 13.6. The van der Waals surface area contributed by atoms with Gasteiger partial charge in [-0.2, -0.15) is 5.26 Å². The van der Waals surface area contributed by atoms with Crippen molar-refractivity contribution in [2.45, 2.75) is 18.9 Å². The van der Waals surface area contributed by atoms with Gasteiger partial charge in [0.2, 0.25) is 0 Å². The summed E-state index contributed by atoms with van der Waals surface area (Å²) in [6.07, 6.45) is 2.13. The quantitative estimate of drug-likeness (QED) is 0.776. The molecule has 0 aliphatic heterocycles. The minimum Gasteiger partial charge on any atom is -0.324 e. The van der Waals surface area contributed by atoms with Gasteiger partial charge in [0.15, 0.2) is 0 Å². The molecule has 0 radical (unpaired) electrons. The van der Waals surface area contributed by atoms with E-state index in [1.165, 1.54) is 6.07 Å². The highest BCUT2D eigenvalue weighted by molar-refractivity contribution is 5.36. The van der Waals surface area contributed by atoms with Crippen LogP contribution in [-0.4, -0.2) is 0 Å². The molecule has 1 aromatic carbocycles. The fourth-order valence-corrected chi connectivity index (χ4v) is 1.60. The number of nitriles is 1. The Kier molecular flexibility index (Phi) is 2.22. The summed E-state index contributed by atoms with van der Waals surface area (Å²) in [7, 11) is 0. The third-order valence-electron chi connectivity index (χ3n) is 2.64. The van der Waals surface area contributed by atoms with Crippen LogP contribution >= 0.6 is 0 Å². The van der Waals surface area contributed by atoms with Gasteiger partial charge in [-0.25, -0.2) is 4.39 Å². The van der Waals surface area contributed by atoms with E-state index in [-0.39, 0.29) is 11.6 Å². The van der Waals surface area contributed by atoms with Gasteiger partial charge in [-0.3, -0.25) is 0 Å². The zero-order chi connectivity index (χ0) is 10.1.